The van der Waals surface area contributed by atoms with Crippen molar-refractivity contribution in [3.05, 3.63) is 58.2 Å². The maximum Gasteiger partial charge on any atom is 0.303 e. The number of hydrogen-bond donors (Lipinski definition) is 4. The third-order valence-electron chi connectivity index (χ3n) is 15.4. The van der Waals surface area contributed by atoms with E-state index in [2.05, 4.69) is 96.4 Å². The summed E-state index contributed by atoms with van der Waals surface area (Å²) < 4.78 is 0. The highest BCUT2D eigenvalue weighted by atomic mass is 16.4. The zero-order valence-corrected chi connectivity index (χ0v) is 35.8. The minimum Gasteiger partial charge on any atom is -0.481 e. The molecule has 56 heavy (non-hydrogen) atoms. The summed E-state index contributed by atoms with van der Waals surface area (Å²) in [6, 6.07) is 7.09. The molecule has 2 amide bonds. The van der Waals surface area contributed by atoms with Crippen LogP contribution in [0.5, 0.6) is 0 Å². The second-order valence-electron chi connectivity index (χ2n) is 19.9. The van der Waals surface area contributed by atoms with E-state index in [4.69, 9.17) is 10.2 Å². The van der Waals surface area contributed by atoms with Gasteiger partial charge in [-0.3, -0.25) is 19.2 Å². The number of aliphatic carboxylic acids is 2. The lowest BCUT2D eigenvalue weighted by molar-refractivity contribution is -0.139. The largest absolute Gasteiger partial charge is 0.481 e. The van der Waals surface area contributed by atoms with Gasteiger partial charge in [-0.1, -0.05) is 104 Å². The van der Waals surface area contributed by atoms with Crippen LogP contribution in [0.2, 0.25) is 0 Å². The maximum absolute atomic E-state index is 12.1. The molecule has 0 aromatic heterocycles. The Morgan fingerprint density at radius 2 is 1.32 bits per heavy atom. The lowest BCUT2D eigenvalue weighted by Crippen LogP contribution is -2.53. The number of carbonyl (C=O) groups is 4. The number of carboxylic acid groups (broad SMARTS) is 2. The van der Waals surface area contributed by atoms with Gasteiger partial charge in [0.1, 0.15) is 0 Å². The number of carbonyl (C=O) groups excluding carboxylic acids is 2. The summed E-state index contributed by atoms with van der Waals surface area (Å²) >= 11 is 0. The summed E-state index contributed by atoms with van der Waals surface area (Å²) in [5, 5.41) is 23.7. The predicted molar refractivity (Wildman–Crippen MR) is 223 cm³/mol. The van der Waals surface area contributed by atoms with Crippen molar-refractivity contribution in [3.8, 4) is 0 Å². The van der Waals surface area contributed by atoms with Gasteiger partial charge in [-0.25, -0.2) is 0 Å². The summed E-state index contributed by atoms with van der Waals surface area (Å²) in [4.78, 5) is 45.6. The average molecular weight is 773 g/mol. The zero-order chi connectivity index (χ0) is 41.1. The van der Waals surface area contributed by atoms with Gasteiger partial charge in [0.15, 0.2) is 0 Å². The van der Waals surface area contributed by atoms with Crippen molar-refractivity contribution in [2.24, 2.45) is 39.9 Å². The summed E-state index contributed by atoms with van der Waals surface area (Å²) in [6.07, 6.45) is 17.8. The van der Waals surface area contributed by atoms with Crippen LogP contribution in [0.4, 0.5) is 0 Å². The lowest BCUT2D eigenvalue weighted by Gasteiger charge is -2.58. The first kappa shape index (κ1) is 43.7. The van der Waals surface area contributed by atoms with Crippen LogP contribution in [0.15, 0.2) is 41.5 Å². The molecule has 310 valence electrons. The van der Waals surface area contributed by atoms with Gasteiger partial charge in [-0.15, -0.1) is 0 Å². The van der Waals surface area contributed by atoms with E-state index in [9.17, 15) is 19.2 Å². The third-order valence-corrected chi connectivity index (χ3v) is 15.4. The molecule has 0 spiro atoms. The van der Waals surface area contributed by atoms with Crippen LogP contribution >= 0.6 is 0 Å². The molecule has 5 aliphatic rings. The minimum absolute atomic E-state index is 0.0558. The Morgan fingerprint density at radius 1 is 0.732 bits per heavy atom. The van der Waals surface area contributed by atoms with Crippen LogP contribution in [0.3, 0.4) is 0 Å². The van der Waals surface area contributed by atoms with Crippen molar-refractivity contribution in [1.29, 1.82) is 0 Å². The first-order valence-electron chi connectivity index (χ1n) is 21.8. The fourth-order valence-corrected chi connectivity index (χ4v) is 12.1. The fraction of sp³-hybridized carbons (Fsp3) is 0.708. The van der Waals surface area contributed by atoms with Gasteiger partial charge >= 0.3 is 11.9 Å². The van der Waals surface area contributed by atoms with Gasteiger partial charge in [0.25, 0.3) is 0 Å². The van der Waals surface area contributed by atoms with Crippen LogP contribution in [0.25, 0.3) is 0 Å². The molecule has 7 unspecified atom stereocenters. The number of carboxylic acids is 2. The Hall–Kier alpha value is -3.42. The molecule has 0 heterocycles. The topological polar surface area (TPSA) is 133 Å². The summed E-state index contributed by atoms with van der Waals surface area (Å²) in [5.41, 5.74) is 8.18. The van der Waals surface area contributed by atoms with Gasteiger partial charge in [-0.2, -0.15) is 0 Å². The average Bonchev–Trinajstić information content (AvgIpc) is 3.14. The Morgan fingerprint density at radius 3 is 1.89 bits per heavy atom. The van der Waals surface area contributed by atoms with E-state index < -0.39 is 11.9 Å². The van der Waals surface area contributed by atoms with Crippen molar-refractivity contribution in [3.63, 3.8) is 0 Å². The molecular weight excluding hydrogens is 701 g/mol. The second-order valence-corrected chi connectivity index (χ2v) is 19.9. The smallest absolute Gasteiger partial charge is 0.303 e. The standard InChI is InChI=1S/C24H37NO3.C24H35NO3/c2*1-16(2)17-6-8-19-18(14-17)7-9-20-23(3,12-5-13-24(19,20)4)15-25-21(26)10-11-22(27)28/h7,14,16,19-20H,5-6,8-13,15H2,1-4H3,(H,25,26)(H,27,28);6,8,14,16,20H,5,7,9-13,15H2,1-4H3,(H,25,26)(H,27,28). The maximum atomic E-state index is 12.1. The van der Waals surface area contributed by atoms with Crippen molar-refractivity contribution in [2.75, 3.05) is 13.1 Å². The molecule has 2 fully saturated rings. The molecule has 0 saturated heterocycles. The fourth-order valence-electron chi connectivity index (χ4n) is 12.1. The highest BCUT2D eigenvalue weighted by molar-refractivity contribution is 5.81. The highest BCUT2D eigenvalue weighted by Gasteiger charge is 2.54. The number of hydrogen-bond acceptors (Lipinski definition) is 4. The number of nitrogens with one attached hydrogen (secondary N) is 2. The Labute approximate surface area is 337 Å². The Balaban J connectivity index is 0.000000214. The van der Waals surface area contributed by atoms with E-state index >= 15 is 0 Å². The molecule has 1 aromatic rings. The molecule has 2 saturated carbocycles. The quantitative estimate of drug-likeness (QED) is 0.167. The van der Waals surface area contributed by atoms with E-state index in [1.54, 1.807) is 11.1 Å². The molecule has 8 heteroatoms. The number of aryl methyl sites for hydroxylation is 1. The summed E-state index contributed by atoms with van der Waals surface area (Å²) in [5.74, 6) is 0.800. The van der Waals surface area contributed by atoms with Crippen LogP contribution < -0.4 is 10.6 Å². The van der Waals surface area contributed by atoms with E-state index in [0.29, 0.717) is 48.1 Å². The van der Waals surface area contributed by atoms with Crippen molar-refractivity contribution >= 4 is 23.8 Å². The highest BCUT2D eigenvalue weighted by Crippen LogP contribution is 2.62. The van der Waals surface area contributed by atoms with Gasteiger partial charge < -0.3 is 20.8 Å². The van der Waals surface area contributed by atoms with Crippen molar-refractivity contribution in [2.45, 2.75) is 163 Å². The number of allylic oxidation sites excluding steroid dienone is 4. The number of rotatable bonds is 12. The van der Waals surface area contributed by atoms with Gasteiger partial charge in [0, 0.05) is 25.9 Å². The number of fused-ring (bicyclic) bond motifs is 6. The van der Waals surface area contributed by atoms with E-state index in [0.717, 1.165) is 32.1 Å². The number of benzene rings is 1. The molecule has 5 aliphatic carbocycles. The van der Waals surface area contributed by atoms with E-state index in [1.807, 2.05) is 0 Å². The Kier molecular flexibility index (Phi) is 13.7. The van der Waals surface area contributed by atoms with Crippen LogP contribution in [-0.2, 0) is 31.0 Å². The SMILES string of the molecule is CC(C)C1=CC2=CCC3C(C)(CNC(=O)CCC(=O)O)CCCC3(C)C2CC1.CC(C)c1ccc2c(c1)CCC1C(C)(CNC(=O)CCC(=O)O)CCCC21C. The summed E-state index contributed by atoms with van der Waals surface area (Å²) in [6.45, 7) is 20.0. The van der Waals surface area contributed by atoms with Crippen molar-refractivity contribution in [1.82, 2.24) is 10.6 Å². The Bertz CT molecular complexity index is 1690. The first-order valence-corrected chi connectivity index (χ1v) is 21.8. The molecule has 0 aliphatic heterocycles. The molecule has 4 N–H and O–H groups in total. The van der Waals surface area contributed by atoms with E-state index in [1.165, 1.54) is 55.2 Å². The van der Waals surface area contributed by atoms with Gasteiger partial charge in [0.05, 0.1) is 12.8 Å². The van der Waals surface area contributed by atoms with Crippen LogP contribution in [-0.4, -0.2) is 47.1 Å². The molecule has 6 rings (SSSR count). The third kappa shape index (κ3) is 9.47. The minimum atomic E-state index is -0.920. The molecule has 7 atom stereocenters. The molecule has 1 aromatic carbocycles. The normalized spacial score (nSPS) is 31.9. The molecule has 0 bridgehead atoms. The number of amides is 2. The second kappa shape index (κ2) is 17.6. The molecule has 8 nitrogen and oxygen atoms in total. The van der Waals surface area contributed by atoms with Gasteiger partial charge in [0.2, 0.25) is 11.8 Å². The molecule has 0 radical (unpaired) electrons. The zero-order valence-electron chi connectivity index (χ0n) is 35.8. The first-order chi connectivity index (χ1) is 26.3. The van der Waals surface area contributed by atoms with Crippen molar-refractivity contribution < 1.29 is 29.4 Å². The van der Waals surface area contributed by atoms with Crippen LogP contribution in [0, 0.1) is 39.9 Å². The van der Waals surface area contributed by atoms with Gasteiger partial charge in [-0.05, 0) is 131 Å². The molecular formula is C48H72N2O6. The lowest BCUT2D eigenvalue weighted by atomic mass is 9.47. The van der Waals surface area contributed by atoms with Crippen LogP contribution in [0.1, 0.15) is 168 Å². The summed E-state index contributed by atoms with van der Waals surface area (Å²) in [7, 11) is 0. The monoisotopic (exact) mass is 773 g/mol. The van der Waals surface area contributed by atoms with E-state index in [-0.39, 0.29) is 53.7 Å². The predicted octanol–water partition coefficient (Wildman–Crippen LogP) is 9.90.